The van der Waals surface area contributed by atoms with E-state index in [1.165, 1.54) is 24.2 Å². The molecule has 0 aromatic rings. The molecule has 0 aliphatic heterocycles. The molecule has 0 aromatic carbocycles. The second kappa shape index (κ2) is 5.59. The third kappa shape index (κ3) is 2.94. The lowest BCUT2D eigenvalue weighted by molar-refractivity contribution is -0.147. The minimum absolute atomic E-state index is 0.197. The summed E-state index contributed by atoms with van der Waals surface area (Å²) < 4.78 is 0. The Morgan fingerprint density at radius 1 is 1.33 bits per heavy atom. The normalized spacial score (nSPS) is 16.0. The van der Waals surface area contributed by atoms with Gasteiger partial charge in [-0.15, -0.1) is 0 Å². The van der Waals surface area contributed by atoms with Gasteiger partial charge in [0.25, 0.3) is 0 Å². The Hall–Kier alpha value is -1.26. The molecule has 1 aliphatic carbocycles. The van der Waals surface area contributed by atoms with Crippen LogP contribution in [0.5, 0.6) is 0 Å². The van der Waals surface area contributed by atoms with E-state index in [4.69, 9.17) is 5.11 Å². The van der Waals surface area contributed by atoms with Gasteiger partial charge in [0.15, 0.2) is 0 Å². The van der Waals surface area contributed by atoms with Crippen LogP contribution in [0.4, 0.5) is 4.79 Å². The lowest BCUT2D eigenvalue weighted by Crippen LogP contribution is -2.55. The minimum Gasteiger partial charge on any atom is -0.480 e. The van der Waals surface area contributed by atoms with Crippen molar-refractivity contribution in [2.75, 3.05) is 20.1 Å². The second-order valence-electron chi connectivity index (χ2n) is 5.54. The van der Waals surface area contributed by atoms with E-state index in [2.05, 4.69) is 0 Å². The molecule has 1 rings (SSSR count). The van der Waals surface area contributed by atoms with E-state index in [1.54, 1.807) is 25.8 Å². The summed E-state index contributed by atoms with van der Waals surface area (Å²) >= 11 is 0. The van der Waals surface area contributed by atoms with Gasteiger partial charge in [0, 0.05) is 20.1 Å². The molecule has 5 nitrogen and oxygen atoms in total. The van der Waals surface area contributed by atoms with Crippen molar-refractivity contribution in [3.8, 4) is 0 Å². The van der Waals surface area contributed by atoms with E-state index < -0.39 is 11.5 Å². The molecule has 0 saturated heterocycles. The van der Waals surface area contributed by atoms with Crippen molar-refractivity contribution in [2.45, 2.75) is 45.6 Å². The van der Waals surface area contributed by atoms with Gasteiger partial charge in [-0.2, -0.15) is 0 Å². The number of hydrogen-bond donors (Lipinski definition) is 1. The van der Waals surface area contributed by atoms with Crippen molar-refractivity contribution in [1.82, 2.24) is 9.80 Å². The number of urea groups is 1. The molecular formula is C13H24N2O3. The monoisotopic (exact) mass is 256 g/mol. The molecule has 1 fully saturated rings. The van der Waals surface area contributed by atoms with Crippen molar-refractivity contribution in [3.63, 3.8) is 0 Å². The van der Waals surface area contributed by atoms with Gasteiger partial charge in [0.05, 0.1) is 0 Å². The molecule has 1 saturated carbocycles. The van der Waals surface area contributed by atoms with E-state index >= 15 is 0 Å². The smallest absolute Gasteiger partial charge is 0.329 e. The van der Waals surface area contributed by atoms with Gasteiger partial charge in [0.1, 0.15) is 5.54 Å². The van der Waals surface area contributed by atoms with Crippen LogP contribution >= 0.6 is 0 Å². The maximum atomic E-state index is 12.3. The van der Waals surface area contributed by atoms with Gasteiger partial charge in [-0.3, -0.25) is 0 Å². The van der Waals surface area contributed by atoms with Crippen LogP contribution < -0.4 is 0 Å². The number of carbonyl (C=O) groups is 2. The average Bonchev–Trinajstić information content (AvgIpc) is 2.25. The molecule has 0 radical (unpaired) electrons. The first-order valence-electron chi connectivity index (χ1n) is 6.56. The van der Waals surface area contributed by atoms with Gasteiger partial charge >= 0.3 is 12.0 Å². The van der Waals surface area contributed by atoms with Crippen molar-refractivity contribution in [3.05, 3.63) is 0 Å². The summed E-state index contributed by atoms with van der Waals surface area (Å²) in [5, 5.41) is 9.14. The predicted octanol–water partition coefficient (Wildman–Crippen LogP) is 2.02. The number of carbonyl (C=O) groups excluding carboxylic acids is 1. The molecule has 2 amide bonds. The molecule has 0 unspecified atom stereocenters. The first-order chi connectivity index (χ1) is 8.30. The molecule has 18 heavy (non-hydrogen) atoms. The lowest BCUT2D eigenvalue weighted by atomic mass is 9.85. The standard InChI is InChI=1S/C13H24N2O3/c1-5-15(9-10-7-6-8-10)12(18)14(4)13(2,3)11(16)17/h10H,5-9H2,1-4H3,(H,16,17). The van der Waals surface area contributed by atoms with Crippen molar-refractivity contribution >= 4 is 12.0 Å². The number of carboxylic acids is 1. The molecule has 0 bridgehead atoms. The number of aliphatic carboxylic acids is 1. The highest BCUT2D eigenvalue weighted by Crippen LogP contribution is 2.27. The molecule has 0 spiro atoms. The molecule has 0 aromatic heterocycles. The van der Waals surface area contributed by atoms with Gasteiger partial charge in [-0.25, -0.2) is 9.59 Å². The number of rotatable bonds is 5. The fourth-order valence-electron chi connectivity index (χ4n) is 1.92. The Bertz CT molecular complexity index is 324. The summed E-state index contributed by atoms with van der Waals surface area (Å²) in [5.41, 5.74) is -1.18. The van der Waals surface area contributed by atoms with Crippen LogP contribution in [0, 0.1) is 5.92 Å². The van der Waals surface area contributed by atoms with Gasteiger partial charge in [0.2, 0.25) is 0 Å². The Labute approximate surface area is 109 Å². The van der Waals surface area contributed by atoms with E-state index in [0.717, 1.165) is 6.54 Å². The quantitative estimate of drug-likeness (QED) is 0.818. The predicted molar refractivity (Wildman–Crippen MR) is 69.5 cm³/mol. The second-order valence-corrected chi connectivity index (χ2v) is 5.54. The lowest BCUT2D eigenvalue weighted by Gasteiger charge is -2.38. The summed E-state index contributed by atoms with van der Waals surface area (Å²) in [6, 6.07) is -0.197. The maximum Gasteiger partial charge on any atom is 0.329 e. The van der Waals surface area contributed by atoms with Crippen LogP contribution in [-0.2, 0) is 4.79 Å². The van der Waals surface area contributed by atoms with Gasteiger partial charge < -0.3 is 14.9 Å². The van der Waals surface area contributed by atoms with Crippen LogP contribution in [0.25, 0.3) is 0 Å². The molecule has 1 N–H and O–H groups in total. The zero-order chi connectivity index (χ0) is 13.9. The van der Waals surface area contributed by atoms with Crippen LogP contribution in [0.3, 0.4) is 0 Å². The number of nitrogens with zero attached hydrogens (tertiary/aromatic N) is 2. The highest BCUT2D eigenvalue weighted by Gasteiger charge is 2.37. The van der Waals surface area contributed by atoms with Crippen molar-refractivity contribution in [1.29, 1.82) is 0 Å². The summed E-state index contributed by atoms with van der Waals surface area (Å²) in [6.45, 7) is 6.39. The zero-order valence-electron chi connectivity index (χ0n) is 11.8. The highest BCUT2D eigenvalue weighted by atomic mass is 16.4. The molecule has 5 heteroatoms. The Kier molecular flexibility index (Phi) is 4.59. The molecule has 0 heterocycles. The highest BCUT2D eigenvalue weighted by molar-refractivity contribution is 5.85. The number of amides is 2. The van der Waals surface area contributed by atoms with Crippen molar-refractivity contribution < 1.29 is 14.7 Å². The summed E-state index contributed by atoms with van der Waals surface area (Å²) in [6.07, 6.45) is 3.60. The molecule has 1 aliphatic rings. The van der Waals surface area contributed by atoms with E-state index in [-0.39, 0.29) is 6.03 Å². The topological polar surface area (TPSA) is 60.9 Å². The fraction of sp³-hybridized carbons (Fsp3) is 0.846. The molecule has 104 valence electrons. The van der Waals surface area contributed by atoms with Crippen molar-refractivity contribution in [2.24, 2.45) is 5.92 Å². The SMILES string of the molecule is CCN(CC1CCC1)C(=O)N(C)C(C)(C)C(=O)O. The first-order valence-corrected chi connectivity index (χ1v) is 6.56. The summed E-state index contributed by atoms with van der Waals surface area (Å²) in [5.74, 6) is -0.395. The van der Waals surface area contributed by atoms with E-state index in [1.807, 2.05) is 6.92 Å². The largest absolute Gasteiger partial charge is 0.480 e. The van der Waals surface area contributed by atoms with Crippen LogP contribution in [-0.4, -0.2) is 52.6 Å². The van der Waals surface area contributed by atoms with E-state index in [9.17, 15) is 9.59 Å². The van der Waals surface area contributed by atoms with Crippen LogP contribution in [0.2, 0.25) is 0 Å². The Morgan fingerprint density at radius 3 is 2.22 bits per heavy atom. The first kappa shape index (κ1) is 14.8. The fourth-order valence-corrected chi connectivity index (χ4v) is 1.92. The number of carboxylic acid groups (broad SMARTS) is 1. The zero-order valence-corrected chi connectivity index (χ0v) is 11.8. The van der Waals surface area contributed by atoms with Crippen LogP contribution in [0.15, 0.2) is 0 Å². The minimum atomic E-state index is -1.18. The Morgan fingerprint density at radius 2 is 1.89 bits per heavy atom. The summed E-state index contributed by atoms with van der Waals surface area (Å²) in [7, 11) is 1.56. The average molecular weight is 256 g/mol. The summed E-state index contributed by atoms with van der Waals surface area (Å²) in [4.78, 5) is 26.5. The third-order valence-electron chi connectivity index (χ3n) is 4.00. The number of hydrogen-bond acceptors (Lipinski definition) is 2. The Balaban J connectivity index is 2.67. The van der Waals surface area contributed by atoms with Gasteiger partial charge in [-0.1, -0.05) is 6.42 Å². The van der Waals surface area contributed by atoms with Crippen LogP contribution in [0.1, 0.15) is 40.0 Å². The van der Waals surface area contributed by atoms with Gasteiger partial charge in [-0.05, 0) is 39.5 Å². The maximum absolute atomic E-state index is 12.3. The van der Waals surface area contributed by atoms with E-state index in [0.29, 0.717) is 12.5 Å². The molecular weight excluding hydrogens is 232 g/mol. The number of likely N-dealkylation sites (N-methyl/N-ethyl adjacent to an activating group) is 1. The molecule has 0 atom stereocenters. The third-order valence-corrected chi connectivity index (χ3v) is 4.00.